The molecule has 5 atom stereocenters. The van der Waals surface area contributed by atoms with Crippen LogP contribution in [0, 0.1) is 5.92 Å². The van der Waals surface area contributed by atoms with Crippen LogP contribution < -0.4 is 16.4 Å². The summed E-state index contributed by atoms with van der Waals surface area (Å²) in [5.74, 6) is -4.35. The van der Waals surface area contributed by atoms with Crippen molar-refractivity contribution in [2.45, 2.75) is 64.3 Å². The van der Waals surface area contributed by atoms with Crippen LogP contribution in [0.25, 0.3) is 0 Å². The van der Waals surface area contributed by atoms with Gasteiger partial charge >= 0.3 is 11.9 Å². The zero-order chi connectivity index (χ0) is 19.7. The van der Waals surface area contributed by atoms with E-state index in [1.807, 2.05) is 6.92 Å². The summed E-state index contributed by atoms with van der Waals surface area (Å²) in [6, 6.07) is -3.75. The van der Waals surface area contributed by atoms with Crippen LogP contribution in [0.3, 0.4) is 0 Å². The molecule has 0 aliphatic carbocycles. The first kappa shape index (κ1) is 22.8. The number of carboxylic acids is 2. The Hall–Kier alpha value is -2.20. The van der Waals surface area contributed by atoms with Gasteiger partial charge in [-0.1, -0.05) is 20.3 Å². The molecule has 5 unspecified atom stereocenters. The first-order chi connectivity index (χ1) is 11.5. The van der Waals surface area contributed by atoms with Gasteiger partial charge in [-0.3, -0.25) is 14.4 Å². The van der Waals surface area contributed by atoms with E-state index in [1.165, 1.54) is 6.92 Å². The number of aliphatic hydroxyl groups is 1. The highest BCUT2D eigenvalue weighted by Gasteiger charge is 2.31. The molecule has 0 bridgehead atoms. The smallest absolute Gasteiger partial charge is 0.326 e. The summed E-state index contributed by atoms with van der Waals surface area (Å²) in [5, 5.41) is 31.8. The molecule has 0 aromatic rings. The molecule has 0 rings (SSSR count). The zero-order valence-electron chi connectivity index (χ0n) is 14.6. The lowest BCUT2D eigenvalue weighted by Gasteiger charge is -2.26. The molecule has 0 spiro atoms. The summed E-state index contributed by atoms with van der Waals surface area (Å²) in [7, 11) is 0. The van der Waals surface area contributed by atoms with Gasteiger partial charge in [0.2, 0.25) is 11.8 Å². The van der Waals surface area contributed by atoms with Crippen LogP contribution in [0.15, 0.2) is 0 Å². The summed E-state index contributed by atoms with van der Waals surface area (Å²) in [6.07, 6.45) is -1.45. The highest BCUT2D eigenvalue weighted by atomic mass is 16.4. The van der Waals surface area contributed by atoms with Crippen molar-refractivity contribution in [2.24, 2.45) is 11.7 Å². The molecule has 0 saturated carbocycles. The second-order valence-corrected chi connectivity index (χ2v) is 5.97. The van der Waals surface area contributed by atoms with Crippen molar-refractivity contribution < 1.29 is 34.5 Å². The fraction of sp³-hybridized carbons (Fsp3) is 0.733. The SMILES string of the molecule is CCC(C)C(N)C(=O)NC(C(=O)NC(CCC(=O)O)C(=O)O)C(C)O. The van der Waals surface area contributed by atoms with E-state index in [0.29, 0.717) is 6.42 Å². The van der Waals surface area contributed by atoms with Gasteiger partial charge in [0.1, 0.15) is 12.1 Å². The Morgan fingerprint density at radius 3 is 2.00 bits per heavy atom. The second-order valence-electron chi connectivity index (χ2n) is 5.97. The first-order valence-electron chi connectivity index (χ1n) is 8.00. The minimum absolute atomic E-state index is 0.153. The Morgan fingerprint density at radius 1 is 1.04 bits per heavy atom. The average Bonchev–Trinajstić information content (AvgIpc) is 2.53. The Kier molecular flexibility index (Phi) is 9.69. The topological polar surface area (TPSA) is 179 Å². The zero-order valence-corrected chi connectivity index (χ0v) is 14.6. The highest BCUT2D eigenvalue weighted by Crippen LogP contribution is 2.07. The third-order valence-electron chi connectivity index (χ3n) is 3.88. The lowest BCUT2D eigenvalue weighted by atomic mass is 9.98. The van der Waals surface area contributed by atoms with Gasteiger partial charge < -0.3 is 31.7 Å². The van der Waals surface area contributed by atoms with E-state index in [-0.39, 0.29) is 12.3 Å². The van der Waals surface area contributed by atoms with E-state index in [4.69, 9.17) is 15.9 Å². The van der Waals surface area contributed by atoms with Gasteiger partial charge in [0.05, 0.1) is 12.1 Å². The third kappa shape index (κ3) is 7.94. The molecule has 25 heavy (non-hydrogen) atoms. The number of hydrogen-bond donors (Lipinski definition) is 6. The molecule has 10 heteroatoms. The maximum Gasteiger partial charge on any atom is 0.326 e. The monoisotopic (exact) mass is 361 g/mol. The largest absolute Gasteiger partial charge is 0.481 e. The molecular weight excluding hydrogens is 334 g/mol. The van der Waals surface area contributed by atoms with E-state index in [9.17, 15) is 24.3 Å². The van der Waals surface area contributed by atoms with E-state index < -0.39 is 54.4 Å². The van der Waals surface area contributed by atoms with Gasteiger partial charge in [-0.15, -0.1) is 0 Å². The van der Waals surface area contributed by atoms with E-state index in [1.54, 1.807) is 6.92 Å². The normalized spacial score (nSPS) is 16.8. The number of nitrogens with one attached hydrogen (secondary N) is 2. The number of aliphatic hydroxyl groups excluding tert-OH is 1. The van der Waals surface area contributed by atoms with Crippen LogP contribution in [0.5, 0.6) is 0 Å². The fourth-order valence-corrected chi connectivity index (χ4v) is 1.95. The van der Waals surface area contributed by atoms with E-state index in [0.717, 1.165) is 0 Å². The van der Waals surface area contributed by atoms with Crippen molar-refractivity contribution in [1.29, 1.82) is 0 Å². The number of hydrogen-bond acceptors (Lipinski definition) is 6. The highest BCUT2D eigenvalue weighted by molar-refractivity contribution is 5.92. The number of aliphatic carboxylic acids is 2. The number of carboxylic acid groups (broad SMARTS) is 2. The predicted octanol–water partition coefficient (Wildman–Crippen LogP) is -1.34. The average molecular weight is 361 g/mol. The van der Waals surface area contributed by atoms with Gasteiger partial charge in [0.15, 0.2) is 0 Å². The molecule has 0 aromatic heterocycles. The minimum Gasteiger partial charge on any atom is -0.481 e. The Bertz CT molecular complexity index is 496. The van der Waals surface area contributed by atoms with Crippen LogP contribution in [-0.4, -0.2) is 63.3 Å². The van der Waals surface area contributed by atoms with Crippen molar-refractivity contribution in [1.82, 2.24) is 10.6 Å². The van der Waals surface area contributed by atoms with Crippen LogP contribution in [0.4, 0.5) is 0 Å². The standard InChI is InChI=1S/C15H27N3O7/c1-4-7(2)11(16)13(22)18-12(8(3)19)14(23)17-9(15(24)25)5-6-10(20)21/h7-9,11-12,19H,4-6,16H2,1-3H3,(H,17,23)(H,18,22)(H,20,21)(H,24,25). The fourth-order valence-electron chi connectivity index (χ4n) is 1.95. The van der Waals surface area contributed by atoms with Crippen LogP contribution >= 0.6 is 0 Å². The van der Waals surface area contributed by atoms with Gasteiger partial charge in [-0.05, 0) is 19.3 Å². The summed E-state index contributed by atoms with van der Waals surface area (Å²) in [5.41, 5.74) is 5.77. The molecule has 0 saturated heterocycles. The number of nitrogens with two attached hydrogens (primary N) is 1. The number of amides is 2. The second kappa shape index (κ2) is 10.6. The van der Waals surface area contributed by atoms with Gasteiger partial charge in [0, 0.05) is 6.42 Å². The van der Waals surface area contributed by atoms with Gasteiger partial charge in [-0.25, -0.2) is 4.79 Å². The maximum absolute atomic E-state index is 12.2. The quantitative estimate of drug-likeness (QED) is 0.261. The van der Waals surface area contributed by atoms with Crippen LogP contribution in [0.1, 0.15) is 40.0 Å². The number of rotatable bonds is 11. The predicted molar refractivity (Wildman–Crippen MR) is 87.5 cm³/mol. The molecule has 0 heterocycles. The minimum atomic E-state index is -1.45. The summed E-state index contributed by atoms with van der Waals surface area (Å²) in [4.78, 5) is 46.0. The first-order valence-corrected chi connectivity index (χ1v) is 8.00. The Morgan fingerprint density at radius 2 is 1.60 bits per heavy atom. The van der Waals surface area contributed by atoms with Crippen molar-refractivity contribution in [3.05, 3.63) is 0 Å². The molecule has 0 radical (unpaired) electrons. The Balaban J connectivity index is 5.00. The third-order valence-corrected chi connectivity index (χ3v) is 3.88. The number of carbonyl (C=O) groups excluding carboxylic acids is 2. The molecule has 0 aliphatic rings. The molecule has 144 valence electrons. The van der Waals surface area contributed by atoms with Crippen molar-refractivity contribution in [3.8, 4) is 0 Å². The van der Waals surface area contributed by atoms with Crippen molar-refractivity contribution >= 4 is 23.8 Å². The summed E-state index contributed by atoms with van der Waals surface area (Å²) >= 11 is 0. The Labute approximate surface area is 145 Å². The molecule has 2 amide bonds. The summed E-state index contributed by atoms with van der Waals surface area (Å²) in [6.45, 7) is 4.86. The molecule has 0 aromatic carbocycles. The van der Waals surface area contributed by atoms with E-state index >= 15 is 0 Å². The molecular formula is C15H27N3O7. The van der Waals surface area contributed by atoms with Crippen molar-refractivity contribution in [3.63, 3.8) is 0 Å². The van der Waals surface area contributed by atoms with Gasteiger partial charge in [-0.2, -0.15) is 0 Å². The number of carbonyl (C=O) groups is 4. The molecule has 7 N–H and O–H groups in total. The molecule has 0 aliphatic heterocycles. The molecule has 10 nitrogen and oxygen atoms in total. The lowest BCUT2D eigenvalue weighted by Crippen LogP contribution is -2.58. The maximum atomic E-state index is 12.2. The van der Waals surface area contributed by atoms with E-state index in [2.05, 4.69) is 10.6 Å². The lowest BCUT2D eigenvalue weighted by molar-refractivity contribution is -0.144. The van der Waals surface area contributed by atoms with Crippen LogP contribution in [-0.2, 0) is 19.2 Å². The summed E-state index contributed by atoms with van der Waals surface area (Å²) < 4.78 is 0. The molecule has 0 fully saturated rings. The van der Waals surface area contributed by atoms with Crippen molar-refractivity contribution in [2.75, 3.05) is 0 Å². The van der Waals surface area contributed by atoms with Gasteiger partial charge in [0.25, 0.3) is 0 Å². The van der Waals surface area contributed by atoms with Crippen LogP contribution in [0.2, 0.25) is 0 Å².